The number of benzene rings is 3. The fraction of sp³-hybridized carbons (Fsp3) is 0.107. The molecule has 3 aromatic carbocycles. The van der Waals surface area contributed by atoms with Gasteiger partial charge in [-0.2, -0.15) is 18.4 Å². The third-order valence-corrected chi connectivity index (χ3v) is 6.50. The Kier molecular flexibility index (Phi) is 8.09. The van der Waals surface area contributed by atoms with Crippen molar-refractivity contribution in [3.05, 3.63) is 103 Å². The molecule has 0 spiro atoms. The van der Waals surface area contributed by atoms with E-state index < -0.39 is 34.5 Å². The summed E-state index contributed by atoms with van der Waals surface area (Å²) in [6.07, 6.45) is -4.71. The standard InChI is InChI=1S/C28H18Cl2F3N3O4/c1-40-17-5-2-14(3-6-17)13-35-26(38)21-10-16(29)9-20(25(21)37)24-11-18(22(12-34)27(39)36-24)19-8-15(28(31,32)33)4-7-23(19)30/h2-11,37H,13H2,1H3,(H,35,38)(H,36,39). The lowest BCUT2D eigenvalue weighted by molar-refractivity contribution is -0.137. The first kappa shape index (κ1) is 28.5. The maximum Gasteiger partial charge on any atom is 0.416 e. The van der Waals surface area contributed by atoms with Crippen molar-refractivity contribution in [3.63, 3.8) is 0 Å². The highest BCUT2D eigenvalue weighted by molar-refractivity contribution is 6.33. The van der Waals surface area contributed by atoms with Gasteiger partial charge in [-0.25, -0.2) is 0 Å². The first-order valence-electron chi connectivity index (χ1n) is 11.4. The normalized spacial score (nSPS) is 11.1. The second kappa shape index (κ2) is 11.3. The minimum absolute atomic E-state index is 0.0197. The molecule has 4 aromatic rings. The van der Waals surface area contributed by atoms with E-state index in [1.807, 2.05) is 0 Å². The number of nitrogens with zero attached hydrogens (tertiary/aromatic N) is 1. The summed E-state index contributed by atoms with van der Waals surface area (Å²) >= 11 is 12.4. The Morgan fingerprint density at radius 1 is 1.05 bits per heavy atom. The smallest absolute Gasteiger partial charge is 0.416 e. The minimum atomic E-state index is -4.71. The fourth-order valence-corrected chi connectivity index (χ4v) is 4.37. The first-order valence-corrected chi connectivity index (χ1v) is 12.2. The number of rotatable bonds is 6. The molecular formula is C28H18Cl2F3N3O4. The number of hydrogen-bond donors (Lipinski definition) is 3. The highest BCUT2D eigenvalue weighted by atomic mass is 35.5. The fourth-order valence-electron chi connectivity index (χ4n) is 3.93. The number of phenolic OH excluding ortho intramolecular Hbond substituents is 1. The summed E-state index contributed by atoms with van der Waals surface area (Å²) in [5, 5.41) is 23.1. The molecule has 0 aliphatic rings. The molecule has 0 bridgehead atoms. The van der Waals surface area contributed by atoms with E-state index in [1.54, 1.807) is 30.3 Å². The summed E-state index contributed by atoms with van der Waals surface area (Å²) in [4.78, 5) is 28.2. The van der Waals surface area contributed by atoms with Crippen LogP contribution in [0.1, 0.15) is 27.0 Å². The molecular weight excluding hydrogens is 570 g/mol. The van der Waals surface area contributed by atoms with Crippen molar-refractivity contribution >= 4 is 29.1 Å². The maximum atomic E-state index is 13.4. The Morgan fingerprint density at radius 3 is 2.38 bits per heavy atom. The van der Waals surface area contributed by atoms with Crippen molar-refractivity contribution in [3.8, 4) is 40.0 Å². The number of hydrogen-bond acceptors (Lipinski definition) is 5. The number of pyridine rings is 1. The summed E-state index contributed by atoms with van der Waals surface area (Å²) in [5.41, 5.74) is -2.61. The molecule has 0 aliphatic carbocycles. The van der Waals surface area contributed by atoms with Gasteiger partial charge >= 0.3 is 6.18 Å². The number of aromatic hydroxyl groups is 1. The Labute approximate surface area is 235 Å². The van der Waals surface area contributed by atoms with E-state index in [9.17, 15) is 33.1 Å². The molecule has 7 nitrogen and oxygen atoms in total. The molecule has 0 atom stereocenters. The van der Waals surface area contributed by atoms with E-state index in [0.29, 0.717) is 5.75 Å². The van der Waals surface area contributed by atoms with Crippen molar-refractivity contribution in [2.45, 2.75) is 12.7 Å². The number of amides is 1. The number of halogens is 5. The van der Waals surface area contributed by atoms with Gasteiger partial charge in [0.1, 0.15) is 23.1 Å². The average Bonchev–Trinajstić information content (AvgIpc) is 2.92. The van der Waals surface area contributed by atoms with Crippen molar-refractivity contribution in [2.75, 3.05) is 7.11 Å². The number of aromatic amines is 1. The molecule has 0 unspecified atom stereocenters. The second-order valence-electron chi connectivity index (χ2n) is 8.49. The number of H-pyrrole nitrogens is 1. The average molecular weight is 588 g/mol. The van der Waals surface area contributed by atoms with E-state index in [4.69, 9.17) is 27.9 Å². The summed E-state index contributed by atoms with van der Waals surface area (Å²) in [6.45, 7) is 0.107. The molecule has 1 amide bonds. The van der Waals surface area contributed by atoms with Crippen LogP contribution in [0.15, 0.2) is 65.5 Å². The van der Waals surface area contributed by atoms with Gasteiger partial charge in [0.05, 0.1) is 23.9 Å². The third-order valence-electron chi connectivity index (χ3n) is 5.95. The summed E-state index contributed by atoms with van der Waals surface area (Å²) in [6, 6.07) is 14.7. The molecule has 204 valence electrons. The molecule has 0 aliphatic heterocycles. The Bertz CT molecular complexity index is 1710. The quantitative estimate of drug-likeness (QED) is 0.236. The summed E-state index contributed by atoms with van der Waals surface area (Å²) in [7, 11) is 1.52. The molecule has 0 fully saturated rings. The molecule has 0 radical (unpaired) electrons. The number of carbonyl (C=O) groups is 1. The number of phenols is 1. The van der Waals surface area contributed by atoms with E-state index in [1.165, 1.54) is 25.3 Å². The van der Waals surface area contributed by atoms with Crippen LogP contribution >= 0.6 is 23.2 Å². The molecule has 0 saturated heterocycles. The predicted octanol–water partition coefficient (Wildman–Crippen LogP) is 6.55. The number of nitriles is 1. The van der Waals surface area contributed by atoms with E-state index in [2.05, 4.69) is 10.3 Å². The van der Waals surface area contributed by atoms with Crippen LogP contribution in [-0.4, -0.2) is 23.1 Å². The van der Waals surface area contributed by atoms with Crippen LogP contribution in [0.25, 0.3) is 22.4 Å². The van der Waals surface area contributed by atoms with Crippen molar-refractivity contribution in [1.82, 2.24) is 10.3 Å². The number of aromatic nitrogens is 1. The second-order valence-corrected chi connectivity index (χ2v) is 9.33. The topological polar surface area (TPSA) is 115 Å². The van der Waals surface area contributed by atoms with Crippen LogP contribution in [0.5, 0.6) is 11.5 Å². The first-order chi connectivity index (χ1) is 18.9. The van der Waals surface area contributed by atoms with Crippen LogP contribution in [0, 0.1) is 11.3 Å². The van der Waals surface area contributed by atoms with Crippen molar-refractivity contribution < 1.29 is 27.8 Å². The highest BCUT2D eigenvalue weighted by Crippen LogP contribution is 2.39. The van der Waals surface area contributed by atoms with Crippen LogP contribution in [-0.2, 0) is 12.7 Å². The Hall–Kier alpha value is -4.46. The lowest BCUT2D eigenvalue weighted by Gasteiger charge is -2.15. The number of carbonyl (C=O) groups excluding carboxylic acids is 1. The summed E-state index contributed by atoms with van der Waals surface area (Å²) in [5.74, 6) is -0.610. The van der Waals surface area contributed by atoms with Gasteiger partial charge in [-0.3, -0.25) is 9.59 Å². The Morgan fingerprint density at radius 2 is 1.75 bits per heavy atom. The van der Waals surface area contributed by atoms with Gasteiger partial charge < -0.3 is 20.1 Å². The molecule has 1 heterocycles. The van der Waals surface area contributed by atoms with Gasteiger partial charge in [0, 0.05) is 33.3 Å². The molecule has 0 saturated carbocycles. The van der Waals surface area contributed by atoms with Gasteiger partial charge in [0.15, 0.2) is 0 Å². The zero-order valence-electron chi connectivity index (χ0n) is 20.5. The van der Waals surface area contributed by atoms with Crippen molar-refractivity contribution in [1.29, 1.82) is 5.26 Å². The SMILES string of the molecule is COc1ccc(CNC(=O)c2cc(Cl)cc(-c3cc(-c4cc(C(F)(F)F)ccc4Cl)c(C#N)c(=O)[nH]3)c2O)cc1. The minimum Gasteiger partial charge on any atom is -0.506 e. The zero-order valence-corrected chi connectivity index (χ0v) is 22.0. The largest absolute Gasteiger partial charge is 0.506 e. The van der Waals surface area contributed by atoms with Gasteiger partial charge in [-0.15, -0.1) is 0 Å². The molecule has 1 aromatic heterocycles. The molecule has 12 heteroatoms. The monoisotopic (exact) mass is 587 g/mol. The van der Waals surface area contributed by atoms with Crippen LogP contribution in [0.2, 0.25) is 10.0 Å². The van der Waals surface area contributed by atoms with E-state index in [-0.39, 0.29) is 44.5 Å². The lowest BCUT2D eigenvalue weighted by atomic mass is 9.96. The number of alkyl halides is 3. The highest BCUT2D eigenvalue weighted by Gasteiger charge is 2.31. The zero-order chi connectivity index (χ0) is 29.2. The number of methoxy groups -OCH3 is 1. The lowest BCUT2D eigenvalue weighted by Crippen LogP contribution is -2.23. The van der Waals surface area contributed by atoms with E-state index >= 15 is 0 Å². The molecule has 3 N–H and O–H groups in total. The van der Waals surface area contributed by atoms with Gasteiger partial charge in [0.2, 0.25) is 0 Å². The Balaban J connectivity index is 1.78. The van der Waals surface area contributed by atoms with Crippen LogP contribution in [0.4, 0.5) is 13.2 Å². The third kappa shape index (κ3) is 5.91. The number of nitrogens with one attached hydrogen (secondary N) is 2. The van der Waals surface area contributed by atoms with Crippen LogP contribution < -0.4 is 15.6 Å². The maximum absolute atomic E-state index is 13.4. The molecule has 40 heavy (non-hydrogen) atoms. The van der Waals surface area contributed by atoms with Gasteiger partial charge in [0.25, 0.3) is 11.5 Å². The predicted molar refractivity (Wildman–Crippen MR) is 144 cm³/mol. The van der Waals surface area contributed by atoms with Crippen molar-refractivity contribution in [2.24, 2.45) is 0 Å². The van der Waals surface area contributed by atoms with E-state index in [0.717, 1.165) is 23.8 Å². The molecule has 4 rings (SSSR count). The van der Waals surface area contributed by atoms with Gasteiger partial charge in [-0.1, -0.05) is 35.3 Å². The summed E-state index contributed by atoms with van der Waals surface area (Å²) < 4.78 is 45.2. The van der Waals surface area contributed by atoms with Gasteiger partial charge in [-0.05, 0) is 54.1 Å². The van der Waals surface area contributed by atoms with Crippen LogP contribution in [0.3, 0.4) is 0 Å². The number of ether oxygens (including phenoxy) is 1.